The lowest BCUT2D eigenvalue weighted by molar-refractivity contribution is -0.137. The number of nitrogens with zero attached hydrogens (tertiary/aromatic N) is 1. The Morgan fingerprint density at radius 3 is 2.35 bits per heavy atom. The summed E-state index contributed by atoms with van der Waals surface area (Å²) >= 11 is 0. The molecule has 2 aromatic rings. The Labute approximate surface area is 203 Å². The molecule has 2 aliphatic rings. The maximum absolute atomic E-state index is 13.8. The largest absolute Gasteiger partial charge is 0.417 e. The molecule has 2 fully saturated rings. The fourth-order valence-electron chi connectivity index (χ4n) is 6.52. The van der Waals surface area contributed by atoms with Gasteiger partial charge in [0, 0.05) is 24.4 Å². The molecule has 34 heavy (non-hydrogen) atoms. The second-order valence-electron chi connectivity index (χ2n) is 10.6. The van der Waals surface area contributed by atoms with Crippen LogP contribution in [-0.4, -0.2) is 18.0 Å². The van der Waals surface area contributed by atoms with Gasteiger partial charge in [-0.15, -0.1) is 0 Å². The van der Waals surface area contributed by atoms with Crippen LogP contribution in [0.1, 0.15) is 87.0 Å². The van der Waals surface area contributed by atoms with Gasteiger partial charge in [0.25, 0.3) is 0 Å². The summed E-state index contributed by atoms with van der Waals surface area (Å²) in [5, 5.41) is 0. The van der Waals surface area contributed by atoms with Crippen molar-refractivity contribution in [2.75, 3.05) is 13.1 Å². The molecule has 1 heterocycles. The van der Waals surface area contributed by atoms with Crippen molar-refractivity contribution in [2.45, 2.75) is 77.3 Å². The van der Waals surface area contributed by atoms with Crippen LogP contribution in [0.4, 0.5) is 13.2 Å². The quantitative estimate of drug-likeness (QED) is 0.409. The Balaban J connectivity index is 1.51. The Hall–Kier alpha value is -2.23. The van der Waals surface area contributed by atoms with Gasteiger partial charge in [-0.1, -0.05) is 75.7 Å². The van der Waals surface area contributed by atoms with Crippen LogP contribution in [0.25, 0.3) is 5.70 Å². The normalized spacial score (nSPS) is 22.7. The first-order valence-corrected chi connectivity index (χ1v) is 12.9. The average molecular weight is 470 g/mol. The van der Waals surface area contributed by atoms with Gasteiger partial charge in [0.05, 0.1) is 5.56 Å². The van der Waals surface area contributed by atoms with Crippen LogP contribution < -0.4 is 0 Å². The zero-order valence-corrected chi connectivity index (χ0v) is 20.6. The number of hydrogen-bond acceptors (Lipinski definition) is 1. The lowest BCUT2D eigenvalue weighted by Crippen LogP contribution is -2.43. The van der Waals surface area contributed by atoms with E-state index in [1.54, 1.807) is 6.07 Å². The number of rotatable bonds is 6. The summed E-state index contributed by atoms with van der Waals surface area (Å²) < 4.78 is 41.5. The van der Waals surface area contributed by atoms with Gasteiger partial charge in [-0.2, -0.15) is 13.2 Å². The predicted octanol–water partition coefficient (Wildman–Crippen LogP) is 8.70. The van der Waals surface area contributed by atoms with Crippen molar-refractivity contribution in [2.24, 2.45) is 11.3 Å². The van der Waals surface area contributed by atoms with Crippen LogP contribution in [0.5, 0.6) is 0 Å². The number of alkyl halides is 3. The summed E-state index contributed by atoms with van der Waals surface area (Å²) in [7, 11) is 0. The molecule has 2 aromatic carbocycles. The van der Waals surface area contributed by atoms with Crippen LogP contribution in [0.3, 0.4) is 0 Å². The molecule has 1 nitrogen and oxygen atoms in total. The van der Waals surface area contributed by atoms with Crippen molar-refractivity contribution < 1.29 is 13.2 Å². The molecular weight excluding hydrogens is 431 g/mol. The second-order valence-corrected chi connectivity index (χ2v) is 10.6. The molecule has 1 spiro atoms. The zero-order valence-electron chi connectivity index (χ0n) is 20.6. The van der Waals surface area contributed by atoms with Gasteiger partial charge in [-0.3, -0.25) is 0 Å². The Bertz CT molecular complexity index is 970. The standard InChI is InChI=1S/C30H38F3N/c1-4-9-24-18-26(25-10-7-6-8-11-25)21-29(20-24)14-16-34(17-15-29)22(3)27-13-12-23(5-2)19-28(27)30(31,32)33/h6-8,10-13,19,24,26H,3-5,9,14-18,20-21H2,1-2H3. The Morgan fingerprint density at radius 1 is 1.03 bits per heavy atom. The van der Waals surface area contributed by atoms with Gasteiger partial charge >= 0.3 is 6.18 Å². The molecule has 1 aliphatic carbocycles. The molecule has 1 aliphatic heterocycles. The van der Waals surface area contributed by atoms with E-state index < -0.39 is 11.7 Å². The molecule has 0 N–H and O–H groups in total. The predicted molar refractivity (Wildman–Crippen MR) is 135 cm³/mol. The van der Waals surface area contributed by atoms with Crippen molar-refractivity contribution >= 4 is 5.70 Å². The first-order chi connectivity index (χ1) is 16.2. The first-order valence-electron chi connectivity index (χ1n) is 12.9. The molecule has 1 saturated heterocycles. The lowest BCUT2D eigenvalue weighted by atomic mass is 9.59. The summed E-state index contributed by atoms with van der Waals surface area (Å²) in [6, 6.07) is 15.6. The van der Waals surface area contributed by atoms with Gasteiger partial charge in [-0.05, 0) is 73.0 Å². The highest BCUT2D eigenvalue weighted by Gasteiger charge is 2.43. The van der Waals surface area contributed by atoms with Crippen molar-refractivity contribution in [3.8, 4) is 0 Å². The molecule has 0 amide bonds. The van der Waals surface area contributed by atoms with Gasteiger partial charge in [0.1, 0.15) is 0 Å². The van der Waals surface area contributed by atoms with E-state index in [1.165, 1.54) is 43.7 Å². The summed E-state index contributed by atoms with van der Waals surface area (Å²) in [4.78, 5) is 2.10. The molecule has 2 unspecified atom stereocenters. The van der Waals surface area contributed by atoms with Crippen molar-refractivity contribution in [1.82, 2.24) is 4.90 Å². The van der Waals surface area contributed by atoms with Gasteiger partial charge in [-0.25, -0.2) is 0 Å². The molecule has 2 atom stereocenters. The third-order valence-corrected chi connectivity index (χ3v) is 8.30. The third-order valence-electron chi connectivity index (χ3n) is 8.30. The van der Waals surface area contributed by atoms with Crippen LogP contribution in [0.15, 0.2) is 55.1 Å². The number of halogens is 3. The Kier molecular flexibility index (Phi) is 7.45. The van der Waals surface area contributed by atoms with Gasteiger partial charge < -0.3 is 4.90 Å². The van der Waals surface area contributed by atoms with E-state index >= 15 is 0 Å². The molecular formula is C30H38F3N. The van der Waals surface area contributed by atoms with E-state index in [2.05, 4.69) is 48.7 Å². The lowest BCUT2D eigenvalue weighted by Gasteiger charge is -2.50. The molecule has 0 bridgehead atoms. The zero-order chi connectivity index (χ0) is 24.3. The number of likely N-dealkylation sites (tertiary alicyclic amines) is 1. The number of benzene rings is 2. The second kappa shape index (κ2) is 10.2. The van der Waals surface area contributed by atoms with Crippen molar-refractivity contribution in [3.05, 3.63) is 77.4 Å². The highest BCUT2D eigenvalue weighted by molar-refractivity contribution is 5.66. The summed E-state index contributed by atoms with van der Waals surface area (Å²) in [6.07, 6.45) is 4.45. The highest BCUT2D eigenvalue weighted by Crippen LogP contribution is 2.53. The number of piperidine rings is 1. The fourth-order valence-corrected chi connectivity index (χ4v) is 6.52. The molecule has 4 rings (SSSR count). The fraction of sp³-hybridized carbons (Fsp3) is 0.533. The SMILES string of the molecule is C=C(c1ccc(CC)cc1C(F)(F)F)N1CCC2(CC1)CC(CCC)CC(c1ccccc1)C2. The molecule has 1 saturated carbocycles. The van der Waals surface area contributed by atoms with E-state index in [-0.39, 0.29) is 11.0 Å². The monoisotopic (exact) mass is 469 g/mol. The van der Waals surface area contributed by atoms with E-state index in [0.717, 1.165) is 31.8 Å². The maximum atomic E-state index is 13.8. The highest BCUT2D eigenvalue weighted by atomic mass is 19.4. The minimum atomic E-state index is -4.37. The van der Waals surface area contributed by atoms with Crippen LogP contribution in [-0.2, 0) is 12.6 Å². The minimum Gasteiger partial charge on any atom is -0.371 e. The molecule has 0 radical (unpaired) electrons. The number of hydrogen-bond donors (Lipinski definition) is 0. The third kappa shape index (κ3) is 5.37. The summed E-state index contributed by atoms with van der Waals surface area (Å²) in [5.74, 6) is 1.32. The van der Waals surface area contributed by atoms with E-state index in [4.69, 9.17) is 0 Å². The van der Waals surface area contributed by atoms with Crippen LogP contribution >= 0.6 is 0 Å². The Morgan fingerprint density at radius 2 is 1.74 bits per heavy atom. The van der Waals surface area contributed by atoms with Gasteiger partial charge in [0.2, 0.25) is 0 Å². The topological polar surface area (TPSA) is 3.24 Å². The molecule has 4 heteroatoms. The van der Waals surface area contributed by atoms with E-state index in [9.17, 15) is 13.2 Å². The van der Waals surface area contributed by atoms with Crippen molar-refractivity contribution in [3.63, 3.8) is 0 Å². The van der Waals surface area contributed by atoms with Crippen LogP contribution in [0, 0.1) is 11.3 Å². The van der Waals surface area contributed by atoms with Crippen molar-refractivity contribution in [1.29, 1.82) is 0 Å². The summed E-state index contributed by atoms with van der Waals surface area (Å²) in [5.41, 5.74) is 2.63. The van der Waals surface area contributed by atoms with Crippen LogP contribution in [0.2, 0.25) is 0 Å². The minimum absolute atomic E-state index is 0.232. The summed E-state index contributed by atoms with van der Waals surface area (Å²) in [6.45, 7) is 9.87. The van der Waals surface area contributed by atoms with E-state index in [1.807, 2.05) is 13.0 Å². The number of aryl methyl sites for hydroxylation is 1. The first kappa shape index (κ1) is 24.9. The van der Waals surface area contributed by atoms with E-state index in [0.29, 0.717) is 23.6 Å². The molecule has 184 valence electrons. The van der Waals surface area contributed by atoms with Gasteiger partial charge in [0.15, 0.2) is 0 Å². The average Bonchev–Trinajstić information content (AvgIpc) is 2.84. The maximum Gasteiger partial charge on any atom is 0.417 e. The smallest absolute Gasteiger partial charge is 0.371 e. The molecule has 0 aromatic heterocycles.